The number of hydrogen-bond acceptors (Lipinski definition) is 2. The molecule has 0 N–H and O–H groups in total. The topological polar surface area (TPSA) is 21.6 Å². The second kappa shape index (κ2) is 5.12. The molecule has 1 aromatic rings. The smallest absolute Gasteiger partial charge is 0.244 e. The van der Waals surface area contributed by atoms with E-state index in [2.05, 4.69) is 50.3 Å². The van der Waals surface area contributed by atoms with Gasteiger partial charge in [-0.2, -0.15) is 0 Å². The van der Waals surface area contributed by atoms with E-state index in [1.165, 1.54) is 5.56 Å². The Balaban J connectivity index is 2.64. The minimum Gasteiger partial charge on any atom is -0.532 e. The van der Waals surface area contributed by atoms with Crippen LogP contribution in [-0.2, 0) is 4.43 Å². The summed E-state index contributed by atoms with van der Waals surface area (Å²) in [7, 11) is -1.58. The third-order valence-corrected chi connectivity index (χ3v) is 2.67. The van der Waals surface area contributed by atoms with Crippen LogP contribution in [0.25, 0.3) is 0 Å². The van der Waals surface area contributed by atoms with Gasteiger partial charge in [-0.3, -0.25) is 0 Å². The number of rotatable bonds is 4. The second-order valence-corrected chi connectivity index (χ2v) is 9.21. The zero-order chi connectivity index (χ0) is 12.2. The highest BCUT2D eigenvalue weighted by Gasteiger charge is 2.15. The molecule has 0 saturated carbocycles. The Kier molecular flexibility index (Phi) is 4.07. The van der Waals surface area contributed by atoms with E-state index < -0.39 is 8.32 Å². The SMILES string of the molecule is C=C(N=Cc1cccc(C)c1)O[Si](C)(C)C. The van der Waals surface area contributed by atoms with Crippen molar-refractivity contribution in [2.75, 3.05) is 0 Å². The minimum atomic E-state index is -1.58. The van der Waals surface area contributed by atoms with E-state index in [0.29, 0.717) is 5.88 Å². The van der Waals surface area contributed by atoms with Crippen molar-refractivity contribution < 1.29 is 4.43 Å². The van der Waals surface area contributed by atoms with Crippen LogP contribution in [0, 0.1) is 6.92 Å². The molecule has 1 rings (SSSR count). The van der Waals surface area contributed by atoms with Gasteiger partial charge < -0.3 is 4.43 Å². The first-order valence-electron chi connectivity index (χ1n) is 5.35. The molecule has 2 nitrogen and oxygen atoms in total. The van der Waals surface area contributed by atoms with Gasteiger partial charge in [-0.15, -0.1) is 0 Å². The van der Waals surface area contributed by atoms with Crippen molar-refractivity contribution in [1.29, 1.82) is 0 Å². The van der Waals surface area contributed by atoms with Crippen molar-refractivity contribution in [1.82, 2.24) is 0 Å². The summed E-state index contributed by atoms with van der Waals surface area (Å²) in [4.78, 5) is 4.21. The van der Waals surface area contributed by atoms with Crippen LogP contribution < -0.4 is 0 Å². The van der Waals surface area contributed by atoms with Crippen LogP contribution in [-0.4, -0.2) is 14.5 Å². The van der Waals surface area contributed by atoms with Crippen molar-refractivity contribution >= 4 is 14.5 Å². The van der Waals surface area contributed by atoms with Crippen molar-refractivity contribution in [3.8, 4) is 0 Å². The van der Waals surface area contributed by atoms with E-state index in [0.717, 1.165) is 5.56 Å². The van der Waals surface area contributed by atoms with Gasteiger partial charge >= 0.3 is 0 Å². The molecular formula is C13H19NOSi. The first kappa shape index (κ1) is 12.7. The lowest BCUT2D eigenvalue weighted by atomic mass is 10.2. The molecule has 3 heteroatoms. The summed E-state index contributed by atoms with van der Waals surface area (Å²) < 4.78 is 5.64. The van der Waals surface area contributed by atoms with E-state index in [1.807, 2.05) is 12.1 Å². The molecule has 0 bridgehead atoms. The molecule has 0 unspecified atom stereocenters. The number of aryl methyl sites for hydroxylation is 1. The van der Waals surface area contributed by atoms with E-state index >= 15 is 0 Å². The van der Waals surface area contributed by atoms with E-state index in [-0.39, 0.29) is 0 Å². The first-order valence-corrected chi connectivity index (χ1v) is 8.76. The van der Waals surface area contributed by atoms with Gasteiger partial charge in [-0.25, -0.2) is 4.99 Å². The molecule has 0 aromatic heterocycles. The van der Waals surface area contributed by atoms with E-state index in [1.54, 1.807) is 6.21 Å². The fraction of sp³-hybridized carbons (Fsp3) is 0.308. The number of hydrogen-bond donors (Lipinski definition) is 0. The normalized spacial score (nSPS) is 11.8. The summed E-state index contributed by atoms with van der Waals surface area (Å²) in [5.41, 5.74) is 2.29. The maximum atomic E-state index is 5.64. The molecule has 0 saturated heterocycles. The highest BCUT2D eigenvalue weighted by molar-refractivity contribution is 6.70. The Morgan fingerprint density at radius 1 is 1.38 bits per heavy atom. The highest BCUT2D eigenvalue weighted by Crippen LogP contribution is 2.10. The Labute approximate surface area is 98.8 Å². The van der Waals surface area contributed by atoms with Crippen LogP contribution in [0.15, 0.2) is 41.7 Å². The molecule has 0 amide bonds. The van der Waals surface area contributed by atoms with Crippen LogP contribution in [0.4, 0.5) is 0 Å². The minimum absolute atomic E-state index is 0.501. The molecule has 16 heavy (non-hydrogen) atoms. The third kappa shape index (κ3) is 4.93. The molecule has 0 atom stereocenters. The monoisotopic (exact) mass is 233 g/mol. The maximum Gasteiger partial charge on any atom is 0.244 e. The Hall–Kier alpha value is -1.35. The molecule has 0 aliphatic carbocycles. The van der Waals surface area contributed by atoms with Gasteiger partial charge in [0.1, 0.15) is 0 Å². The summed E-state index contributed by atoms with van der Waals surface area (Å²) in [5, 5.41) is 0. The van der Waals surface area contributed by atoms with Gasteiger partial charge in [0.15, 0.2) is 5.88 Å². The molecule has 86 valence electrons. The Morgan fingerprint density at radius 2 is 2.06 bits per heavy atom. The van der Waals surface area contributed by atoms with Gasteiger partial charge in [-0.1, -0.05) is 29.8 Å². The number of nitrogens with zero attached hydrogens (tertiary/aromatic N) is 1. The molecule has 0 heterocycles. The maximum absolute atomic E-state index is 5.64. The molecule has 0 spiro atoms. The number of benzene rings is 1. The molecule has 0 radical (unpaired) electrons. The lowest BCUT2D eigenvalue weighted by Gasteiger charge is -2.17. The Morgan fingerprint density at radius 3 is 2.62 bits per heavy atom. The largest absolute Gasteiger partial charge is 0.532 e. The fourth-order valence-corrected chi connectivity index (χ4v) is 2.04. The first-order chi connectivity index (χ1) is 7.37. The quantitative estimate of drug-likeness (QED) is 0.441. The number of aliphatic imine (C=N–C) groups is 1. The summed E-state index contributed by atoms with van der Waals surface area (Å²) in [6.07, 6.45) is 1.79. The third-order valence-electron chi connectivity index (χ3n) is 1.82. The summed E-state index contributed by atoms with van der Waals surface area (Å²) in [5.74, 6) is 0.501. The summed E-state index contributed by atoms with van der Waals surface area (Å²) >= 11 is 0. The second-order valence-electron chi connectivity index (χ2n) is 4.78. The average molecular weight is 233 g/mol. The fourth-order valence-electron chi connectivity index (χ4n) is 1.28. The predicted molar refractivity (Wildman–Crippen MR) is 72.3 cm³/mol. The van der Waals surface area contributed by atoms with Crippen molar-refractivity contribution in [3.05, 3.63) is 47.9 Å². The van der Waals surface area contributed by atoms with Crippen molar-refractivity contribution in [2.24, 2.45) is 4.99 Å². The molecule has 0 fully saturated rings. The zero-order valence-electron chi connectivity index (χ0n) is 10.4. The Bertz CT molecular complexity index is 405. The summed E-state index contributed by atoms with van der Waals surface area (Å²) in [6.45, 7) is 12.2. The van der Waals surface area contributed by atoms with Gasteiger partial charge in [0.2, 0.25) is 8.32 Å². The molecule has 1 aromatic carbocycles. The molecular weight excluding hydrogens is 214 g/mol. The van der Waals surface area contributed by atoms with Crippen LogP contribution in [0.3, 0.4) is 0 Å². The van der Waals surface area contributed by atoms with E-state index in [4.69, 9.17) is 4.43 Å². The molecule has 0 aliphatic rings. The van der Waals surface area contributed by atoms with Gasteiger partial charge in [0.05, 0.1) is 0 Å². The van der Waals surface area contributed by atoms with Gasteiger partial charge in [-0.05, 0) is 38.7 Å². The lowest BCUT2D eigenvalue weighted by molar-refractivity contribution is 0.421. The average Bonchev–Trinajstić information content (AvgIpc) is 2.12. The van der Waals surface area contributed by atoms with Crippen molar-refractivity contribution in [2.45, 2.75) is 26.6 Å². The lowest BCUT2D eigenvalue weighted by Crippen LogP contribution is -2.24. The van der Waals surface area contributed by atoms with E-state index in [9.17, 15) is 0 Å². The predicted octanol–water partition coefficient (Wildman–Crippen LogP) is 3.74. The van der Waals surface area contributed by atoms with Crippen LogP contribution in [0.2, 0.25) is 19.6 Å². The standard InChI is InChI=1S/C13H19NOSi/c1-11-7-6-8-13(9-11)10-14-12(2)15-16(3,4)5/h6-10H,2H2,1,3-5H3. The van der Waals surface area contributed by atoms with Crippen LogP contribution in [0.5, 0.6) is 0 Å². The van der Waals surface area contributed by atoms with Crippen LogP contribution >= 0.6 is 0 Å². The summed E-state index contributed by atoms with van der Waals surface area (Å²) in [6, 6.07) is 8.16. The zero-order valence-corrected chi connectivity index (χ0v) is 11.4. The van der Waals surface area contributed by atoms with Crippen LogP contribution in [0.1, 0.15) is 11.1 Å². The van der Waals surface area contributed by atoms with Gasteiger partial charge in [0.25, 0.3) is 0 Å². The van der Waals surface area contributed by atoms with Gasteiger partial charge in [0, 0.05) is 6.21 Å². The van der Waals surface area contributed by atoms with Crippen molar-refractivity contribution in [3.63, 3.8) is 0 Å². The molecule has 0 aliphatic heterocycles. The highest BCUT2D eigenvalue weighted by atomic mass is 28.4.